The first-order chi connectivity index (χ1) is 13.4. The number of allylic oxidation sites excluding steroid dienone is 2. The smallest absolute Gasteiger partial charge is 0.286 e. The molecule has 0 unspecified atom stereocenters. The van der Waals surface area contributed by atoms with Gasteiger partial charge in [-0.3, -0.25) is 9.78 Å². The molecule has 1 N–H and O–H groups in total. The first kappa shape index (κ1) is 21.5. The van der Waals surface area contributed by atoms with E-state index in [1.54, 1.807) is 17.2 Å². The molecule has 2 heterocycles. The Morgan fingerprint density at radius 2 is 2.04 bits per heavy atom. The van der Waals surface area contributed by atoms with Gasteiger partial charge in [0.25, 0.3) is 5.92 Å². The van der Waals surface area contributed by atoms with Crippen LogP contribution in [-0.4, -0.2) is 53.2 Å². The lowest BCUT2D eigenvalue weighted by atomic mass is 10.2. The number of piperazine rings is 1. The number of pyridine rings is 1. The van der Waals surface area contributed by atoms with Crippen LogP contribution in [0, 0.1) is 0 Å². The molecular weight excluding hydrogens is 364 g/mol. The van der Waals surface area contributed by atoms with Crippen molar-refractivity contribution >= 4 is 17.9 Å². The minimum Gasteiger partial charge on any atom is -0.352 e. The van der Waals surface area contributed by atoms with Gasteiger partial charge in [-0.25, -0.2) is 4.99 Å². The van der Waals surface area contributed by atoms with Crippen LogP contribution in [-0.2, 0) is 10.7 Å². The second-order valence-corrected chi connectivity index (χ2v) is 6.54. The van der Waals surface area contributed by atoms with Gasteiger partial charge in [0.05, 0.1) is 17.6 Å². The highest BCUT2D eigenvalue weighted by Crippen LogP contribution is 2.26. The fourth-order valence-corrected chi connectivity index (χ4v) is 2.79. The summed E-state index contributed by atoms with van der Waals surface area (Å²) in [6, 6.07) is 2.90. The minimum absolute atomic E-state index is 0.271. The van der Waals surface area contributed by atoms with E-state index >= 15 is 0 Å². The summed E-state index contributed by atoms with van der Waals surface area (Å²) in [7, 11) is 0. The molecule has 1 aromatic rings. The van der Waals surface area contributed by atoms with Crippen LogP contribution in [0.25, 0.3) is 0 Å². The van der Waals surface area contributed by atoms with Crippen molar-refractivity contribution in [1.82, 2.24) is 14.8 Å². The van der Waals surface area contributed by atoms with Crippen LogP contribution in [0.1, 0.15) is 32.9 Å². The van der Waals surface area contributed by atoms with E-state index in [1.165, 1.54) is 12.3 Å². The van der Waals surface area contributed by atoms with Crippen LogP contribution in [0.15, 0.2) is 47.4 Å². The molecule has 1 fully saturated rings. The third-order valence-corrected chi connectivity index (χ3v) is 4.25. The Labute approximate surface area is 164 Å². The molecule has 0 atom stereocenters. The van der Waals surface area contributed by atoms with E-state index in [-0.39, 0.29) is 5.69 Å². The average Bonchev–Trinajstić information content (AvgIpc) is 2.68. The van der Waals surface area contributed by atoms with E-state index in [0.29, 0.717) is 31.9 Å². The predicted molar refractivity (Wildman–Crippen MR) is 107 cm³/mol. The molecule has 0 aromatic carbocycles. The molecule has 0 saturated carbocycles. The van der Waals surface area contributed by atoms with E-state index in [0.717, 1.165) is 31.3 Å². The number of nitrogens with zero attached hydrogens (tertiary/aromatic N) is 4. The normalized spacial score (nSPS) is 16.6. The van der Waals surface area contributed by atoms with Crippen molar-refractivity contribution in [3.05, 3.63) is 48.1 Å². The zero-order chi connectivity index (χ0) is 20.6. The lowest BCUT2D eigenvalue weighted by Crippen LogP contribution is -2.49. The maximum absolute atomic E-state index is 13.4. The lowest BCUT2D eigenvalue weighted by molar-refractivity contribution is -0.119. The molecule has 1 aliphatic rings. The maximum atomic E-state index is 13.4. The van der Waals surface area contributed by atoms with Crippen LogP contribution in [0.5, 0.6) is 0 Å². The van der Waals surface area contributed by atoms with Crippen molar-refractivity contribution in [2.75, 3.05) is 31.5 Å². The highest BCUT2D eigenvalue weighted by atomic mass is 19.3. The summed E-state index contributed by atoms with van der Waals surface area (Å²) in [5, 5.41) is 3.25. The molecule has 1 amide bonds. The zero-order valence-electron chi connectivity index (χ0n) is 16.5. The first-order valence-electron chi connectivity index (χ1n) is 9.34. The predicted octanol–water partition coefficient (Wildman–Crippen LogP) is 3.61. The van der Waals surface area contributed by atoms with E-state index < -0.39 is 5.92 Å². The number of rotatable bonds is 7. The third kappa shape index (κ3) is 5.87. The zero-order valence-corrected chi connectivity index (χ0v) is 16.5. The largest absolute Gasteiger partial charge is 0.352 e. The summed E-state index contributed by atoms with van der Waals surface area (Å²) in [5.41, 5.74) is 1.11. The molecule has 0 radical (unpaired) electrons. The minimum atomic E-state index is -2.97. The van der Waals surface area contributed by atoms with E-state index in [2.05, 4.69) is 20.2 Å². The van der Waals surface area contributed by atoms with Gasteiger partial charge in [0.15, 0.2) is 5.84 Å². The van der Waals surface area contributed by atoms with Gasteiger partial charge >= 0.3 is 0 Å². The van der Waals surface area contributed by atoms with Crippen molar-refractivity contribution in [3.63, 3.8) is 0 Å². The van der Waals surface area contributed by atoms with Crippen molar-refractivity contribution in [2.24, 2.45) is 4.99 Å². The Kier molecular flexibility index (Phi) is 7.66. The van der Waals surface area contributed by atoms with Gasteiger partial charge in [-0.05, 0) is 25.5 Å². The molecule has 2 rings (SSSR count). The lowest BCUT2D eigenvalue weighted by Gasteiger charge is -2.35. The number of hydrogen-bond donors (Lipinski definition) is 1. The molecule has 1 aromatic heterocycles. The molecule has 0 bridgehead atoms. The summed E-state index contributed by atoms with van der Waals surface area (Å²) >= 11 is 0. The highest BCUT2D eigenvalue weighted by molar-refractivity contribution is 6.01. The molecule has 1 aliphatic heterocycles. The van der Waals surface area contributed by atoms with Crippen LogP contribution in [0.2, 0.25) is 0 Å². The Morgan fingerprint density at radius 1 is 1.32 bits per heavy atom. The molecule has 0 spiro atoms. The fraction of sp³-hybridized carbons (Fsp3) is 0.450. The van der Waals surface area contributed by atoms with Gasteiger partial charge in [0.1, 0.15) is 5.69 Å². The number of aromatic nitrogens is 1. The number of aliphatic imine (C=N–C) groups is 1. The van der Waals surface area contributed by atoms with Gasteiger partial charge in [-0.2, -0.15) is 8.78 Å². The Balaban J connectivity index is 2.25. The number of carbonyl (C=O) groups is 1. The Hall–Kier alpha value is -2.77. The van der Waals surface area contributed by atoms with Gasteiger partial charge in [-0.1, -0.05) is 19.1 Å². The van der Waals surface area contributed by atoms with Crippen molar-refractivity contribution < 1.29 is 13.6 Å². The molecule has 8 heteroatoms. The number of alkyl halides is 2. The van der Waals surface area contributed by atoms with Crippen molar-refractivity contribution in [1.29, 1.82) is 0 Å². The average molecular weight is 391 g/mol. The van der Waals surface area contributed by atoms with E-state index in [9.17, 15) is 13.6 Å². The van der Waals surface area contributed by atoms with E-state index in [1.807, 2.05) is 26.0 Å². The Morgan fingerprint density at radius 3 is 2.54 bits per heavy atom. The van der Waals surface area contributed by atoms with E-state index in [4.69, 9.17) is 0 Å². The summed E-state index contributed by atoms with van der Waals surface area (Å²) < 4.78 is 26.8. The number of amidine groups is 1. The fourth-order valence-electron chi connectivity index (χ4n) is 2.79. The number of anilines is 1. The maximum Gasteiger partial charge on any atom is 0.286 e. The van der Waals surface area contributed by atoms with Gasteiger partial charge in [0, 0.05) is 39.3 Å². The Bertz CT molecular complexity index is 730. The van der Waals surface area contributed by atoms with Gasteiger partial charge in [0.2, 0.25) is 6.41 Å². The quantitative estimate of drug-likeness (QED) is 0.438. The summed E-state index contributed by atoms with van der Waals surface area (Å²) in [5.74, 6) is -2.23. The van der Waals surface area contributed by atoms with Gasteiger partial charge in [-0.15, -0.1) is 0 Å². The molecule has 1 saturated heterocycles. The number of halogens is 2. The standard InChI is InChI=1S/C20H27F2N5O/c1-4-6-17(25-16-7-8-18(24-14-16)20(3,21)22)19(23-9-5-2)27-12-10-26(15-28)11-13-27/h5-9,14-15,25H,4,10-13H2,1-3H3/b9-5-,17-6-,23-19-. The van der Waals surface area contributed by atoms with Crippen LogP contribution in [0.4, 0.5) is 14.5 Å². The number of amides is 1. The molecule has 28 heavy (non-hydrogen) atoms. The monoisotopic (exact) mass is 391 g/mol. The van der Waals surface area contributed by atoms with Crippen LogP contribution >= 0.6 is 0 Å². The highest BCUT2D eigenvalue weighted by Gasteiger charge is 2.26. The SMILES string of the molecule is C\C=C/N=C(/C(=C/CC)Nc1ccc(C(C)(F)F)nc1)N1CCN(C=O)CC1. The second-order valence-electron chi connectivity index (χ2n) is 6.54. The van der Waals surface area contributed by atoms with Crippen molar-refractivity contribution in [3.8, 4) is 0 Å². The number of carbonyl (C=O) groups excluding carboxylic acids is 1. The summed E-state index contributed by atoms with van der Waals surface area (Å²) in [6.45, 7) is 7.30. The summed E-state index contributed by atoms with van der Waals surface area (Å²) in [6.07, 6.45) is 8.57. The summed E-state index contributed by atoms with van der Waals surface area (Å²) in [4.78, 5) is 23.2. The first-order valence-corrected chi connectivity index (χ1v) is 9.34. The second kappa shape index (κ2) is 9.96. The van der Waals surface area contributed by atoms with Crippen LogP contribution < -0.4 is 5.32 Å². The molecule has 6 nitrogen and oxygen atoms in total. The topological polar surface area (TPSA) is 60.8 Å². The third-order valence-electron chi connectivity index (χ3n) is 4.25. The molecular formula is C20H27F2N5O. The molecule has 0 aliphatic carbocycles. The van der Waals surface area contributed by atoms with Gasteiger partial charge < -0.3 is 15.1 Å². The molecule has 152 valence electrons. The number of hydrogen-bond acceptors (Lipinski definition) is 4. The number of nitrogens with one attached hydrogen (secondary N) is 1. The van der Waals surface area contributed by atoms with Crippen molar-refractivity contribution in [2.45, 2.75) is 33.1 Å². The van der Waals surface area contributed by atoms with Crippen LogP contribution in [0.3, 0.4) is 0 Å².